The van der Waals surface area contributed by atoms with E-state index in [1.165, 1.54) is 5.56 Å². The van der Waals surface area contributed by atoms with Gasteiger partial charge in [0.25, 0.3) is 0 Å². The summed E-state index contributed by atoms with van der Waals surface area (Å²) in [6.07, 6.45) is 3.45. The molecule has 106 valence electrons. The number of para-hydroxylation sites is 1. The second-order valence-corrected chi connectivity index (χ2v) is 5.08. The summed E-state index contributed by atoms with van der Waals surface area (Å²) in [4.78, 5) is 2.46. The van der Waals surface area contributed by atoms with E-state index in [1.807, 2.05) is 18.2 Å². The molecule has 0 atom stereocenters. The number of nitrogens with zero attached hydrogens (tertiary/aromatic N) is 1. The Bertz CT molecular complexity index is 376. The third-order valence-corrected chi connectivity index (χ3v) is 3.73. The Balaban J connectivity index is 1.70. The largest absolute Gasteiger partial charge is 0.399 e. The first-order valence-electron chi connectivity index (χ1n) is 7.08. The molecule has 0 aliphatic carbocycles. The number of piperidine rings is 1. The minimum Gasteiger partial charge on any atom is -0.399 e. The topological polar surface area (TPSA) is 58.7 Å². The smallest absolute Gasteiger partial charge is 0.0701 e. The van der Waals surface area contributed by atoms with Crippen molar-refractivity contribution in [2.75, 3.05) is 38.6 Å². The normalized spacial score (nSPS) is 17.7. The van der Waals surface area contributed by atoms with E-state index < -0.39 is 0 Å². The number of hydrogen-bond donors (Lipinski definition) is 2. The van der Waals surface area contributed by atoms with Crippen molar-refractivity contribution in [2.24, 2.45) is 0 Å². The van der Waals surface area contributed by atoms with Gasteiger partial charge in [0.1, 0.15) is 0 Å². The van der Waals surface area contributed by atoms with Crippen molar-refractivity contribution >= 4 is 5.69 Å². The van der Waals surface area contributed by atoms with Gasteiger partial charge in [-0.25, -0.2) is 0 Å². The Morgan fingerprint density at radius 2 is 2.00 bits per heavy atom. The van der Waals surface area contributed by atoms with Crippen LogP contribution in [0.1, 0.15) is 18.4 Å². The van der Waals surface area contributed by atoms with Crippen molar-refractivity contribution in [2.45, 2.75) is 25.4 Å². The molecule has 0 spiro atoms. The third kappa shape index (κ3) is 4.49. The minimum absolute atomic E-state index is 0.119. The van der Waals surface area contributed by atoms with Crippen LogP contribution in [-0.4, -0.2) is 49.0 Å². The second-order valence-electron chi connectivity index (χ2n) is 5.08. The standard InChI is InChI=1S/C15H24N2O2/c16-15-4-2-1-3-13(15)5-8-17-9-6-14(7-10-17)19-12-11-18/h1-4,14,18H,5-12,16H2. The Morgan fingerprint density at radius 1 is 1.26 bits per heavy atom. The number of aliphatic hydroxyl groups excluding tert-OH is 1. The highest BCUT2D eigenvalue weighted by Gasteiger charge is 2.19. The Hall–Kier alpha value is -1.10. The van der Waals surface area contributed by atoms with E-state index in [4.69, 9.17) is 15.6 Å². The van der Waals surface area contributed by atoms with Gasteiger partial charge in [0, 0.05) is 25.3 Å². The molecule has 2 rings (SSSR count). The molecule has 0 unspecified atom stereocenters. The van der Waals surface area contributed by atoms with Gasteiger partial charge in [-0.2, -0.15) is 0 Å². The molecule has 1 aromatic rings. The molecular formula is C15H24N2O2. The van der Waals surface area contributed by atoms with Crippen molar-refractivity contribution in [3.05, 3.63) is 29.8 Å². The number of ether oxygens (including phenoxy) is 1. The molecule has 0 aromatic heterocycles. The molecule has 0 saturated carbocycles. The van der Waals surface area contributed by atoms with Crippen LogP contribution in [0.25, 0.3) is 0 Å². The highest BCUT2D eigenvalue weighted by Crippen LogP contribution is 2.16. The van der Waals surface area contributed by atoms with Gasteiger partial charge in [-0.1, -0.05) is 18.2 Å². The van der Waals surface area contributed by atoms with Crippen molar-refractivity contribution < 1.29 is 9.84 Å². The fourth-order valence-electron chi connectivity index (χ4n) is 2.56. The lowest BCUT2D eigenvalue weighted by molar-refractivity contribution is -0.00747. The molecular weight excluding hydrogens is 240 g/mol. The van der Waals surface area contributed by atoms with Crippen LogP contribution in [0.5, 0.6) is 0 Å². The molecule has 1 aromatic carbocycles. The maximum absolute atomic E-state index is 8.74. The zero-order chi connectivity index (χ0) is 13.5. The van der Waals surface area contributed by atoms with Gasteiger partial charge in [0.2, 0.25) is 0 Å². The summed E-state index contributed by atoms with van der Waals surface area (Å²) in [5.41, 5.74) is 8.08. The summed E-state index contributed by atoms with van der Waals surface area (Å²) in [5, 5.41) is 8.74. The monoisotopic (exact) mass is 264 g/mol. The number of nitrogens with two attached hydrogens (primary N) is 1. The Morgan fingerprint density at radius 3 is 2.68 bits per heavy atom. The number of likely N-dealkylation sites (tertiary alicyclic amines) is 1. The van der Waals surface area contributed by atoms with E-state index in [-0.39, 0.29) is 6.61 Å². The Labute approximate surface area is 115 Å². The first kappa shape index (κ1) is 14.3. The predicted molar refractivity (Wildman–Crippen MR) is 77.1 cm³/mol. The van der Waals surface area contributed by atoms with Crippen LogP contribution in [0.3, 0.4) is 0 Å². The van der Waals surface area contributed by atoms with E-state index in [2.05, 4.69) is 11.0 Å². The molecule has 0 amide bonds. The summed E-state index contributed by atoms with van der Waals surface area (Å²) >= 11 is 0. The summed E-state index contributed by atoms with van der Waals surface area (Å²) in [7, 11) is 0. The maximum atomic E-state index is 8.74. The number of hydrogen-bond acceptors (Lipinski definition) is 4. The van der Waals surface area contributed by atoms with Crippen molar-refractivity contribution in [1.29, 1.82) is 0 Å². The number of nitrogen functional groups attached to an aromatic ring is 1. The van der Waals surface area contributed by atoms with E-state index in [1.54, 1.807) is 0 Å². The molecule has 0 radical (unpaired) electrons. The van der Waals surface area contributed by atoms with Gasteiger partial charge in [0.15, 0.2) is 0 Å². The highest BCUT2D eigenvalue weighted by atomic mass is 16.5. The van der Waals surface area contributed by atoms with Crippen LogP contribution in [0.4, 0.5) is 5.69 Å². The predicted octanol–water partition coefficient (Wildman–Crippen LogP) is 1.28. The third-order valence-electron chi connectivity index (χ3n) is 3.73. The molecule has 1 aliphatic heterocycles. The molecule has 1 heterocycles. The summed E-state index contributed by atoms with van der Waals surface area (Å²) < 4.78 is 5.57. The van der Waals surface area contributed by atoms with E-state index >= 15 is 0 Å². The second kappa shape index (κ2) is 7.48. The maximum Gasteiger partial charge on any atom is 0.0701 e. The minimum atomic E-state index is 0.119. The lowest BCUT2D eigenvalue weighted by Crippen LogP contribution is -2.38. The van der Waals surface area contributed by atoms with Crippen LogP contribution in [0, 0.1) is 0 Å². The van der Waals surface area contributed by atoms with Gasteiger partial charge in [-0.3, -0.25) is 0 Å². The van der Waals surface area contributed by atoms with E-state index in [9.17, 15) is 0 Å². The van der Waals surface area contributed by atoms with Crippen LogP contribution in [0.15, 0.2) is 24.3 Å². The molecule has 4 heteroatoms. The molecule has 4 nitrogen and oxygen atoms in total. The van der Waals surface area contributed by atoms with Gasteiger partial charge in [0.05, 0.1) is 19.3 Å². The Kier molecular flexibility index (Phi) is 5.63. The fraction of sp³-hybridized carbons (Fsp3) is 0.600. The van der Waals surface area contributed by atoms with Crippen molar-refractivity contribution in [3.8, 4) is 0 Å². The number of aliphatic hydroxyl groups is 1. The first-order valence-corrected chi connectivity index (χ1v) is 7.08. The molecule has 1 fully saturated rings. The highest BCUT2D eigenvalue weighted by molar-refractivity contribution is 5.46. The summed E-state index contributed by atoms with van der Waals surface area (Å²) in [6.45, 7) is 3.78. The number of benzene rings is 1. The quantitative estimate of drug-likeness (QED) is 0.760. The van der Waals surface area contributed by atoms with Gasteiger partial charge < -0.3 is 20.5 Å². The number of anilines is 1. The molecule has 3 N–H and O–H groups in total. The zero-order valence-corrected chi connectivity index (χ0v) is 11.4. The SMILES string of the molecule is Nc1ccccc1CCN1CCC(OCCO)CC1. The van der Waals surface area contributed by atoms with E-state index in [0.29, 0.717) is 12.7 Å². The van der Waals surface area contributed by atoms with Crippen LogP contribution >= 0.6 is 0 Å². The molecule has 1 aliphatic rings. The average molecular weight is 264 g/mol. The van der Waals surface area contributed by atoms with Crippen LogP contribution in [-0.2, 0) is 11.2 Å². The molecule has 0 bridgehead atoms. The molecule has 19 heavy (non-hydrogen) atoms. The fourth-order valence-corrected chi connectivity index (χ4v) is 2.56. The lowest BCUT2D eigenvalue weighted by atomic mass is 10.1. The van der Waals surface area contributed by atoms with Crippen molar-refractivity contribution in [3.63, 3.8) is 0 Å². The first-order chi connectivity index (χ1) is 9.29. The van der Waals surface area contributed by atoms with Gasteiger partial charge in [-0.05, 0) is 30.9 Å². The summed E-state index contributed by atoms with van der Waals surface area (Å²) in [5.74, 6) is 0. The van der Waals surface area contributed by atoms with Gasteiger partial charge >= 0.3 is 0 Å². The average Bonchev–Trinajstić information content (AvgIpc) is 2.45. The van der Waals surface area contributed by atoms with Crippen LogP contribution in [0.2, 0.25) is 0 Å². The zero-order valence-electron chi connectivity index (χ0n) is 11.4. The van der Waals surface area contributed by atoms with E-state index in [0.717, 1.165) is 44.6 Å². The van der Waals surface area contributed by atoms with Gasteiger partial charge in [-0.15, -0.1) is 0 Å². The summed E-state index contributed by atoms with van der Waals surface area (Å²) in [6, 6.07) is 8.08. The molecule has 1 saturated heterocycles. The van der Waals surface area contributed by atoms with Crippen molar-refractivity contribution in [1.82, 2.24) is 4.90 Å². The lowest BCUT2D eigenvalue weighted by Gasteiger charge is -2.31. The van der Waals surface area contributed by atoms with Crippen LogP contribution < -0.4 is 5.73 Å². The number of rotatable bonds is 6.